The molecule has 0 bridgehead atoms. The second kappa shape index (κ2) is 7.92. The second-order valence-corrected chi connectivity index (χ2v) is 11.4. The minimum atomic E-state index is -0.266. The van der Waals surface area contributed by atoms with Crippen molar-refractivity contribution in [1.82, 2.24) is 14.5 Å². The third-order valence-corrected chi connectivity index (χ3v) is 8.78. The van der Waals surface area contributed by atoms with Crippen LogP contribution in [0, 0.1) is 0 Å². The number of aromatic nitrogens is 3. The van der Waals surface area contributed by atoms with Crippen LogP contribution in [0.3, 0.4) is 0 Å². The molecule has 0 spiro atoms. The fourth-order valence-corrected chi connectivity index (χ4v) is 6.84. The molecule has 194 valence electrons. The van der Waals surface area contributed by atoms with Gasteiger partial charge in [0, 0.05) is 44.2 Å². The van der Waals surface area contributed by atoms with Crippen molar-refractivity contribution in [2.45, 2.75) is 19.3 Å². The molecule has 0 saturated carbocycles. The van der Waals surface area contributed by atoms with Gasteiger partial charge in [-0.15, -0.1) is 0 Å². The number of nitrogens with zero attached hydrogens (tertiary/aromatic N) is 3. The SMILES string of the molecule is CC1(C)c2ccccc2-c2c(-c3ccccc3)nc(-n3c4ccccc4c4cc5c(cc43)oc3ccccc35)nc21. The second-order valence-electron chi connectivity index (χ2n) is 11.4. The maximum Gasteiger partial charge on any atom is 0.235 e. The van der Waals surface area contributed by atoms with E-state index >= 15 is 0 Å². The molecular weight excluding hydrogens is 502 g/mol. The standard InChI is InChI=1S/C37H25N3O/c1-37(2)28-17-9-6-16-25(28)33-34(22-12-4-3-5-13-22)38-36(39-35(33)37)40-29-18-10-7-14-23(29)26-20-27-24-15-8-11-19-31(24)41-32(27)21-30(26)40/h3-21H,1-2H3. The average Bonchev–Trinajstić information content (AvgIpc) is 3.61. The Labute approximate surface area is 236 Å². The fourth-order valence-electron chi connectivity index (χ4n) is 6.84. The van der Waals surface area contributed by atoms with E-state index in [1.807, 2.05) is 12.1 Å². The zero-order valence-electron chi connectivity index (χ0n) is 22.7. The summed E-state index contributed by atoms with van der Waals surface area (Å²) < 4.78 is 8.55. The molecule has 0 unspecified atom stereocenters. The Bertz CT molecular complexity index is 2340. The Morgan fingerprint density at radius 2 is 1.34 bits per heavy atom. The van der Waals surface area contributed by atoms with Gasteiger partial charge in [0.05, 0.1) is 22.4 Å². The van der Waals surface area contributed by atoms with Crippen LogP contribution in [0.2, 0.25) is 0 Å². The molecule has 0 amide bonds. The zero-order valence-corrected chi connectivity index (χ0v) is 22.7. The molecule has 4 heteroatoms. The Morgan fingerprint density at radius 3 is 2.22 bits per heavy atom. The Morgan fingerprint density at radius 1 is 0.610 bits per heavy atom. The highest BCUT2D eigenvalue weighted by Gasteiger charge is 2.39. The third kappa shape index (κ3) is 2.99. The first-order valence-corrected chi connectivity index (χ1v) is 14.0. The molecule has 0 radical (unpaired) electrons. The lowest BCUT2D eigenvalue weighted by atomic mass is 9.85. The van der Waals surface area contributed by atoms with Crippen LogP contribution in [-0.2, 0) is 5.41 Å². The molecule has 0 N–H and O–H groups in total. The number of furan rings is 1. The van der Waals surface area contributed by atoms with E-state index in [0.29, 0.717) is 5.95 Å². The number of rotatable bonds is 2. The predicted octanol–water partition coefficient (Wildman–Crippen LogP) is 9.45. The van der Waals surface area contributed by atoms with Gasteiger partial charge in [-0.3, -0.25) is 4.57 Å². The van der Waals surface area contributed by atoms with E-state index in [-0.39, 0.29) is 5.41 Å². The topological polar surface area (TPSA) is 43.9 Å². The highest BCUT2D eigenvalue weighted by atomic mass is 16.3. The smallest absolute Gasteiger partial charge is 0.235 e. The van der Waals surface area contributed by atoms with Crippen LogP contribution in [0.4, 0.5) is 0 Å². The minimum absolute atomic E-state index is 0.266. The summed E-state index contributed by atoms with van der Waals surface area (Å²) in [6, 6.07) is 40.3. The first-order valence-electron chi connectivity index (χ1n) is 14.0. The van der Waals surface area contributed by atoms with Gasteiger partial charge in [-0.05, 0) is 29.3 Å². The van der Waals surface area contributed by atoms with Crippen molar-refractivity contribution in [3.05, 3.63) is 127 Å². The van der Waals surface area contributed by atoms with E-state index in [1.54, 1.807) is 0 Å². The van der Waals surface area contributed by atoms with Gasteiger partial charge in [0.25, 0.3) is 0 Å². The first kappa shape index (κ1) is 22.6. The maximum absolute atomic E-state index is 6.34. The monoisotopic (exact) mass is 527 g/mol. The number of fused-ring (bicyclic) bond motifs is 9. The molecule has 41 heavy (non-hydrogen) atoms. The van der Waals surface area contributed by atoms with E-state index in [2.05, 4.69) is 122 Å². The molecule has 0 atom stereocenters. The van der Waals surface area contributed by atoms with Crippen molar-refractivity contribution < 1.29 is 4.42 Å². The molecule has 3 aromatic heterocycles. The normalized spacial score (nSPS) is 13.8. The minimum Gasteiger partial charge on any atom is -0.456 e. The van der Waals surface area contributed by atoms with E-state index < -0.39 is 0 Å². The number of hydrogen-bond donors (Lipinski definition) is 0. The van der Waals surface area contributed by atoms with Gasteiger partial charge in [-0.25, -0.2) is 9.97 Å². The van der Waals surface area contributed by atoms with Crippen molar-refractivity contribution >= 4 is 43.7 Å². The summed E-state index contributed by atoms with van der Waals surface area (Å²) in [5, 5.41) is 4.57. The Hall–Kier alpha value is -5.22. The summed E-state index contributed by atoms with van der Waals surface area (Å²) in [5.74, 6) is 0.671. The van der Waals surface area contributed by atoms with Gasteiger partial charge >= 0.3 is 0 Å². The zero-order chi connectivity index (χ0) is 27.3. The van der Waals surface area contributed by atoms with Gasteiger partial charge in [0.2, 0.25) is 5.95 Å². The summed E-state index contributed by atoms with van der Waals surface area (Å²) in [5.41, 5.74) is 10.3. The first-order chi connectivity index (χ1) is 20.1. The van der Waals surface area contributed by atoms with Gasteiger partial charge in [-0.2, -0.15) is 0 Å². The Kier molecular flexibility index (Phi) is 4.36. The lowest BCUT2D eigenvalue weighted by Crippen LogP contribution is -2.18. The van der Waals surface area contributed by atoms with Crippen LogP contribution < -0.4 is 0 Å². The van der Waals surface area contributed by atoms with Crippen LogP contribution >= 0.6 is 0 Å². The largest absolute Gasteiger partial charge is 0.456 e. The molecule has 9 rings (SSSR count). The van der Waals surface area contributed by atoms with Crippen LogP contribution in [-0.4, -0.2) is 14.5 Å². The van der Waals surface area contributed by atoms with E-state index in [0.717, 1.165) is 60.9 Å². The van der Waals surface area contributed by atoms with Gasteiger partial charge in [-0.1, -0.05) is 105 Å². The maximum atomic E-state index is 6.34. The van der Waals surface area contributed by atoms with Crippen LogP contribution in [0.15, 0.2) is 120 Å². The Balaban J connectivity index is 1.42. The summed E-state index contributed by atoms with van der Waals surface area (Å²) in [6.45, 7) is 4.54. The highest BCUT2D eigenvalue weighted by molar-refractivity contribution is 6.17. The number of para-hydroxylation sites is 2. The van der Waals surface area contributed by atoms with E-state index in [1.165, 1.54) is 16.5 Å². The predicted molar refractivity (Wildman–Crippen MR) is 167 cm³/mol. The van der Waals surface area contributed by atoms with E-state index in [9.17, 15) is 0 Å². The molecular formula is C37H25N3O. The molecule has 8 aromatic rings. The third-order valence-electron chi connectivity index (χ3n) is 8.78. The lowest BCUT2D eigenvalue weighted by Gasteiger charge is -2.21. The van der Waals surface area contributed by atoms with Crippen molar-refractivity contribution in [1.29, 1.82) is 0 Å². The fraction of sp³-hybridized carbons (Fsp3) is 0.0811. The number of benzene rings is 5. The molecule has 5 aromatic carbocycles. The molecule has 0 fully saturated rings. The lowest BCUT2D eigenvalue weighted by molar-refractivity contribution is 0.632. The molecule has 3 heterocycles. The van der Waals surface area contributed by atoms with Gasteiger partial charge in [0.15, 0.2) is 0 Å². The summed E-state index contributed by atoms with van der Waals surface area (Å²) in [4.78, 5) is 10.8. The average molecular weight is 528 g/mol. The number of hydrogen-bond acceptors (Lipinski definition) is 3. The van der Waals surface area contributed by atoms with E-state index in [4.69, 9.17) is 14.4 Å². The molecule has 1 aliphatic rings. The quantitative estimate of drug-likeness (QED) is 0.225. The van der Waals surface area contributed by atoms with Crippen LogP contribution in [0.25, 0.3) is 72.1 Å². The van der Waals surface area contributed by atoms with Crippen molar-refractivity contribution in [2.24, 2.45) is 0 Å². The summed E-state index contributed by atoms with van der Waals surface area (Å²) >= 11 is 0. The van der Waals surface area contributed by atoms with Crippen LogP contribution in [0.5, 0.6) is 0 Å². The molecule has 0 saturated heterocycles. The molecule has 0 aliphatic heterocycles. The summed E-state index contributed by atoms with van der Waals surface area (Å²) in [6.07, 6.45) is 0. The molecule has 4 nitrogen and oxygen atoms in total. The molecule has 1 aliphatic carbocycles. The summed E-state index contributed by atoms with van der Waals surface area (Å²) in [7, 11) is 0. The van der Waals surface area contributed by atoms with Crippen molar-refractivity contribution in [2.75, 3.05) is 0 Å². The van der Waals surface area contributed by atoms with Crippen molar-refractivity contribution in [3.63, 3.8) is 0 Å². The van der Waals surface area contributed by atoms with Gasteiger partial charge < -0.3 is 4.42 Å². The van der Waals surface area contributed by atoms with Gasteiger partial charge in [0.1, 0.15) is 11.2 Å². The van der Waals surface area contributed by atoms with Crippen molar-refractivity contribution in [3.8, 4) is 28.3 Å². The van der Waals surface area contributed by atoms with Crippen LogP contribution in [0.1, 0.15) is 25.1 Å². The highest BCUT2D eigenvalue weighted by Crippen LogP contribution is 2.51.